The van der Waals surface area contributed by atoms with Gasteiger partial charge in [0.15, 0.2) is 12.0 Å². The van der Waals surface area contributed by atoms with Gasteiger partial charge in [-0.1, -0.05) is 0 Å². The third-order valence-electron chi connectivity index (χ3n) is 1.47. The van der Waals surface area contributed by atoms with E-state index < -0.39 is 28.4 Å². The Kier molecular flexibility index (Phi) is 3.85. The predicted molar refractivity (Wildman–Crippen MR) is 55.7 cm³/mol. The third-order valence-corrected chi connectivity index (χ3v) is 2.03. The maximum atomic E-state index is 12.0. The molecule has 1 aromatic heterocycles. The van der Waals surface area contributed by atoms with Crippen LogP contribution in [0.3, 0.4) is 0 Å². The first kappa shape index (κ1) is 13.6. The molecule has 0 aromatic carbocycles. The zero-order valence-corrected chi connectivity index (χ0v) is 9.85. The first-order valence-corrected chi connectivity index (χ1v) is 4.88. The standard InChI is InChI=1S/C7H2F3IN2O4/c8-7(9,10)17-6-3(2-14)12-5(11)1-4(6)13(15)16/h1-2H. The van der Waals surface area contributed by atoms with Gasteiger partial charge in [-0.3, -0.25) is 14.9 Å². The number of carbonyl (C=O) groups is 1. The average Bonchev–Trinajstić information content (AvgIpc) is 2.17. The molecule has 0 bridgehead atoms. The van der Waals surface area contributed by atoms with Crippen molar-refractivity contribution in [2.45, 2.75) is 6.36 Å². The lowest BCUT2D eigenvalue weighted by atomic mass is 10.3. The molecule has 0 aliphatic rings. The van der Waals surface area contributed by atoms with Gasteiger partial charge >= 0.3 is 12.0 Å². The number of halogens is 4. The smallest absolute Gasteiger partial charge is 0.396 e. The topological polar surface area (TPSA) is 82.3 Å². The largest absolute Gasteiger partial charge is 0.573 e. The molecule has 0 aliphatic carbocycles. The lowest BCUT2D eigenvalue weighted by Gasteiger charge is -2.10. The van der Waals surface area contributed by atoms with Gasteiger partial charge in [0, 0.05) is 0 Å². The molecular formula is C7H2F3IN2O4. The highest BCUT2D eigenvalue weighted by Gasteiger charge is 2.36. The molecule has 92 valence electrons. The minimum atomic E-state index is -5.14. The van der Waals surface area contributed by atoms with E-state index in [0.29, 0.717) is 0 Å². The number of ether oxygens (including phenoxy) is 1. The monoisotopic (exact) mass is 362 g/mol. The lowest BCUT2D eigenvalue weighted by molar-refractivity contribution is -0.388. The van der Waals surface area contributed by atoms with Crippen LogP contribution in [0.2, 0.25) is 0 Å². The van der Waals surface area contributed by atoms with Gasteiger partial charge in [-0.25, -0.2) is 4.98 Å². The van der Waals surface area contributed by atoms with E-state index in [1.54, 1.807) is 0 Å². The van der Waals surface area contributed by atoms with E-state index >= 15 is 0 Å². The number of hydrogen-bond donors (Lipinski definition) is 0. The summed E-state index contributed by atoms with van der Waals surface area (Å²) in [5.41, 5.74) is -1.75. The molecule has 0 aliphatic heterocycles. The number of hydrogen-bond acceptors (Lipinski definition) is 5. The Balaban J connectivity index is 3.42. The summed E-state index contributed by atoms with van der Waals surface area (Å²) in [6.45, 7) is 0. The van der Waals surface area contributed by atoms with Gasteiger partial charge in [-0.2, -0.15) is 0 Å². The highest BCUT2D eigenvalue weighted by atomic mass is 127. The van der Waals surface area contributed by atoms with Crippen molar-refractivity contribution >= 4 is 34.6 Å². The Morgan fingerprint density at radius 2 is 2.12 bits per heavy atom. The maximum Gasteiger partial charge on any atom is 0.573 e. The first-order chi connectivity index (χ1) is 7.74. The van der Waals surface area contributed by atoms with Crippen molar-refractivity contribution in [3.63, 3.8) is 0 Å². The van der Waals surface area contributed by atoms with Crippen LogP contribution in [0, 0.1) is 13.8 Å². The van der Waals surface area contributed by atoms with Crippen LogP contribution in [-0.4, -0.2) is 22.6 Å². The molecule has 17 heavy (non-hydrogen) atoms. The first-order valence-electron chi connectivity index (χ1n) is 3.80. The van der Waals surface area contributed by atoms with Crippen molar-refractivity contribution in [2.75, 3.05) is 0 Å². The van der Waals surface area contributed by atoms with Gasteiger partial charge in [0.1, 0.15) is 3.70 Å². The van der Waals surface area contributed by atoms with Crippen LogP contribution in [-0.2, 0) is 0 Å². The number of carbonyl (C=O) groups excluding carboxylic acids is 1. The Labute approximate surface area is 105 Å². The van der Waals surface area contributed by atoms with Crippen molar-refractivity contribution in [2.24, 2.45) is 0 Å². The molecule has 0 spiro atoms. The van der Waals surface area contributed by atoms with E-state index in [9.17, 15) is 28.1 Å². The minimum Gasteiger partial charge on any atom is -0.396 e. The molecule has 6 nitrogen and oxygen atoms in total. The molecule has 0 amide bonds. The fourth-order valence-corrected chi connectivity index (χ4v) is 1.50. The van der Waals surface area contributed by atoms with Crippen LogP contribution in [0.15, 0.2) is 6.07 Å². The van der Waals surface area contributed by atoms with Crippen molar-refractivity contribution in [3.05, 3.63) is 25.6 Å². The summed E-state index contributed by atoms with van der Waals surface area (Å²) in [5, 5.41) is 10.5. The number of aldehydes is 1. The average molecular weight is 362 g/mol. The summed E-state index contributed by atoms with van der Waals surface area (Å²) >= 11 is 1.53. The Morgan fingerprint density at radius 3 is 2.53 bits per heavy atom. The molecule has 1 rings (SSSR count). The van der Waals surface area contributed by atoms with E-state index in [2.05, 4.69) is 9.72 Å². The Morgan fingerprint density at radius 1 is 1.53 bits per heavy atom. The molecule has 0 radical (unpaired) electrons. The quantitative estimate of drug-likeness (QED) is 0.271. The number of pyridine rings is 1. The summed E-state index contributed by atoms with van der Waals surface area (Å²) in [5.74, 6) is -1.21. The second-order valence-corrected chi connectivity index (χ2v) is 3.71. The molecule has 0 N–H and O–H groups in total. The fraction of sp³-hybridized carbons (Fsp3) is 0.143. The molecular weight excluding hydrogens is 360 g/mol. The number of nitrogens with zero attached hydrogens (tertiary/aromatic N) is 2. The molecule has 1 heterocycles. The van der Waals surface area contributed by atoms with Crippen LogP contribution in [0.25, 0.3) is 0 Å². The lowest BCUT2D eigenvalue weighted by Crippen LogP contribution is -2.19. The van der Waals surface area contributed by atoms with Crippen molar-refractivity contribution in [3.8, 4) is 5.75 Å². The van der Waals surface area contributed by atoms with Crippen LogP contribution in [0.1, 0.15) is 10.5 Å². The van der Waals surface area contributed by atoms with Crippen molar-refractivity contribution in [1.29, 1.82) is 0 Å². The van der Waals surface area contributed by atoms with Gasteiger partial charge in [0.25, 0.3) is 0 Å². The van der Waals surface area contributed by atoms with Gasteiger partial charge in [0.05, 0.1) is 11.0 Å². The number of aromatic nitrogens is 1. The summed E-state index contributed by atoms with van der Waals surface area (Å²) in [6.07, 6.45) is -5.19. The van der Waals surface area contributed by atoms with E-state index in [1.165, 1.54) is 22.6 Å². The van der Waals surface area contributed by atoms with Crippen LogP contribution in [0.4, 0.5) is 18.9 Å². The Hall–Kier alpha value is -1.46. The SMILES string of the molecule is O=Cc1nc(I)cc([N+](=O)[O-])c1OC(F)(F)F. The van der Waals surface area contributed by atoms with Gasteiger partial charge in [-0.15, -0.1) is 13.2 Å². The molecule has 0 saturated carbocycles. The Bertz CT molecular complexity index is 477. The zero-order chi connectivity index (χ0) is 13.2. The second kappa shape index (κ2) is 4.81. The summed E-state index contributed by atoms with van der Waals surface area (Å²) in [7, 11) is 0. The highest BCUT2D eigenvalue weighted by molar-refractivity contribution is 14.1. The minimum absolute atomic E-state index is 0.00549. The molecule has 1 aromatic rings. The molecule has 0 saturated heterocycles. The van der Waals surface area contributed by atoms with Gasteiger partial charge in [0.2, 0.25) is 5.75 Å². The van der Waals surface area contributed by atoms with Crippen LogP contribution < -0.4 is 4.74 Å². The maximum absolute atomic E-state index is 12.0. The summed E-state index contributed by atoms with van der Waals surface area (Å²) in [4.78, 5) is 23.4. The number of nitro groups is 1. The predicted octanol–water partition coefficient (Wildman–Crippen LogP) is 2.31. The number of alkyl halides is 3. The molecule has 0 fully saturated rings. The van der Waals surface area contributed by atoms with E-state index in [-0.39, 0.29) is 9.99 Å². The van der Waals surface area contributed by atoms with E-state index in [0.717, 1.165) is 6.07 Å². The second-order valence-electron chi connectivity index (χ2n) is 2.60. The summed E-state index contributed by atoms with van der Waals surface area (Å²) < 4.78 is 39.5. The normalized spacial score (nSPS) is 11.1. The third kappa shape index (κ3) is 3.51. The van der Waals surface area contributed by atoms with E-state index in [4.69, 9.17) is 0 Å². The van der Waals surface area contributed by atoms with Gasteiger partial charge < -0.3 is 4.74 Å². The highest BCUT2D eigenvalue weighted by Crippen LogP contribution is 2.34. The van der Waals surface area contributed by atoms with Crippen molar-refractivity contribution < 1.29 is 27.6 Å². The molecule has 0 unspecified atom stereocenters. The fourth-order valence-electron chi connectivity index (χ4n) is 0.943. The van der Waals surface area contributed by atoms with E-state index in [1.807, 2.05) is 0 Å². The summed E-state index contributed by atoms with van der Waals surface area (Å²) in [6, 6.07) is 0.772. The number of rotatable bonds is 3. The molecule has 10 heteroatoms. The zero-order valence-electron chi connectivity index (χ0n) is 7.69. The van der Waals surface area contributed by atoms with Crippen molar-refractivity contribution in [1.82, 2.24) is 4.98 Å². The van der Waals surface area contributed by atoms with Crippen LogP contribution >= 0.6 is 22.6 Å². The van der Waals surface area contributed by atoms with Gasteiger partial charge in [-0.05, 0) is 22.6 Å². The van der Waals surface area contributed by atoms with Crippen LogP contribution in [0.5, 0.6) is 5.75 Å². The molecule has 0 atom stereocenters.